The fourth-order valence-electron chi connectivity index (χ4n) is 2.03. The molecule has 0 aliphatic rings. The van der Waals surface area contributed by atoms with E-state index in [0.717, 1.165) is 5.56 Å². The average molecular weight is 340 g/mol. The molecule has 0 saturated carbocycles. The van der Waals surface area contributed by atoms with Gasteiger partial charge in [-0.25, -0.2) is 0 Å². The first-order valence-electron chi connectivity index (χ1n) is 7.24. The van der Waals surface area contributed by atoms with E-state index in [1.165, 1.54) is 25.3 Å². The maximum atomic E-state index is 12.3. The summed E-state index contributed by atoms with van der Waals surface area (Å²) in [5, 5.41) is 4.08. The molecule has 6 nitrogen and oxygen atoms in total. The van der Waals surface area contributed by atoms with E-state index >= 15 is 0 Å². The largest absolute Gasteiger partial charge is 0.493 e. The van der Waals surface area contributed by atoms with Gasteiger partial charge in [0.15, 0.2) is 11.5 Å². The summed E-state index contributed by atoms with van der Waals surface area (Å²) in [5.74, 6) is -0.303. The van der Waals surface area contributed by atoms with Gasteiger partial charge in [0.1, 0.15) is 6.61 Å². The highest BCUT2D eigenvalue weighted by Crippen LogP contribution is 2.29. The number of benzene rings is 1. The third-order valence-electron chi connectivity index (χ3n) is 3.15. The zero-order chi connectivity index (χ0) is 17.5. The molecular weight excluding hydrogens is 322 g/mol. The Labute approximate surface area is 137 Å². The SMILES string of the molecule is COc1cc(COC(=O)CCn2cc(C)cn2)ccc1OC(F)F. The number of halogens is 2. The second-order valence-electron chi connectivity index (χ2n) is 5.06. The Morgan fingerprint density at radius 1 is 1.33 bits per heavy atom. The zero-order valence-corrected chi connectivity index (χ0v) is 13.4. The van der Waals surface area contributed by atoms with Crippen molar-refractivity contribution >= 4 is 5.97 Å². The van der Waals surface area contributed by atoms with Crippen molar-refractivity contribution in [2.45, 2.75) is 33.1 Å². The van der Waals surface area contributed by atoms with Crippen LogP contribution < -0.4 is 9.47 Å². The highest BCUT2D eigenvalue weighted by molar-refractivity contribution is 5.69. The highest BCUT2D eigenvalue weighted by Gasteiger charge is 2.12. The van der Waals surface area contributed by atoms with Crippen molar-refractivity contribution < 1.29 is 27.8 Å². The summed E-state index contributed by atoms with van der Waals surface area (Å²) in [6, 6.07) is 4.37. The Kier molecular flexibility index (Phi) is 6.11. The third kappa shape index (κ3) is 5.22. The molecule has 130 valence electrons. The molecule has 0 spiro atoms. The molecular formula is C16H18F2N2O4. The summed E-state index contributed by atoms with van der Waals surface area (Å²) < 4.78 is 40.7. The Bertz CT molecular complexity index is 688. The minimum absolute atomic E-state index is 0.0162. The number of carbonyl (C=O) groups excluding carboxylic acids is 1. The molecule has 0 saturated heterocycles. The lowest BCUT2D eigenvalue weighted by Gasteiger charge is -2.11. The molecule has 2 rings (SSSR count). The molecule has 0 aliphatic heterocycles. The second-order valence-corrected chi connectivity index (χ2v) is 5.06. The number of nitrogens with zero attached hydrogens (tertiary/aromatic N) is 2. The molecule has 0 radical (unpaired) electrons. The third-order valence-corrected chi connectivity index (χ3v) is 3.15. The van der Waals surface area contributed by atoms with E-state index in [2.05, 4.69) is 9.84 Å². The van der Waals surface area contributed by atoms with Crippen molar-refractivity contribution in [1.29, 1.82) is 0 Å². The van der Waals surface area contributed by atoms with Gasteiger partial charge in [-0.2, -0.15) is 13.9 Å². The maximum absolute atomic E-state index is 12.3. The summed E-state index contributed by atoms with van der Waals surface area (Å²) in [4.78, 5) is 11.7. The minimum atomic E-state index is -2.94. The molecule has 2 aromatic rings. The van der Waals surface area contributed by atoms with Gasteiger partial charge in [0, 0.05) is 6.20 Å². The summed E-state index contributed by atoms with van der Waals surface area (Å²) in [6.45, 7) is -0.579. The first-order valence-corrected chi connectivity index (χ1v) is 7.24. The van der Waals surface area contributed by atoms with Crippen LogP contribution in [0.3, 0.4) is 0 Å². The lowest BCUT2D eigenvalue weighted by Crippen LogP contribution is -2.10. The number of hydrogen-bond acceptors (Lipinski definition) is 5. The number of esters is 1. The maximum Gasteiger partial charge on any atom is 0.387 e. The van der Waals surface area contributed by atoms with Crippen LogP contribution in [0.1, 0.15) is 17.5 Å². The average Bonchev–Trinajstić information content (AvgIpc) is 2.97. The number of methoxy groups -OCH3 is 1. The van der Waals surface area contributed by atoms with Gasteiger partial charge in [0.05, 0.1) is 26.3 Å². The van der Waals surface area contributed by atoms with Crippen molar-refractivity contribution in [1.82, 2.24) is 9.78 Å². The minimum Gasteiger partial charge on any atom is -0.493 e. The van der Waals surface area contributed by atoms with Gasteiger partial charge < -0.3 is 14.2 Å². The number of ether oxygens (including phenoxy) is 3. The van der Waals surface area contributed by atoms with Crippen LogP contribution in [0, 0.1) is 6.92 Å². The first-order chi connectivity index (χ1) is 11.5. The molecule has 0 amide bonds. The van der Waals surface area contributed by atoms with E-state index in [9.17, 15) is 13.6 Å². The van der Waals surface area contributed by atoms with Crippen LogP contribution in [0.5, 0.6) is 11.5 Å². The topological polar surface area (TPSA) is 62.6 Å². The fourth-order valence-corrected chi connectivity index (χ4v) is 2.03. The number of hydrogen-bond donors (Lipinski definition) is 0. The van der Waals surface area contributed by atoms with E-state index in [1.807, 2.05) is 13.1 Å². The van der Waals surface area contributed by atoms with E-state index in [0.29, 0.717) is 12.1 Å². The van der Waals surface area contributed by atoms with Gasteiger partial charge in [-0.3, -0.25) is 9.48 Å². The smallest absolute Gasteiger partial charge is 0.387 e. The van der Waals surface area contributed by atoms with E-state index in [-0.39, 0.29) is 30.5 Å². The van der Waals surface area contributed by atoms with Gasteiger partial charge in [0.25, 0.3) is 0 Å². The lowest BCUT2D eigenvalue weighted by atomic mass is 10.2. The van der Waals surface area contributed by atoms with E-state index in [4.69, 9.17) is 9.47 Å². The van der Waals surface area contributed by atoms with Gasteiger partial charge in [0.2, 0.25) is 0 Å². The number of alkyl halides is 2. The fraction of sp³-hybridized carbons (Fsp3) is 0.375. The summed E-state index contributed by atoms with van der Waals surface area (Å²) in [6.07, 6.45) is 3.73. The molecule has 1 aromatic carbocycles. The monoisotopic (exact) mass is 340 g/mol. The number of rotatable bonds is 8. The number of aryl methyl sites for hydroxylation is 2. The molecule has 0 atom stereocenters. The van der Waals surface area contributed by atoms with E-state index < -0.39 is 6.61 Å². The molecule has 0 N–H and O–H groups in total. The Balaban J connectivity index is 1.85. The van der Waals surface area contributed by atoms with Crippen LogP contribution in [-0.2, 0) is 22.7 Å². The summed E-state index contributed by atoms with van der Waals surface area (Å²) in [5.41, 5.74) is 1.62. The summed E-state index contributed by atoms with van der Waals surface area (Å²) >= 11 is 0. The van der Waals surface area contributed by atoms with Crippen molar-refractivity contribution in [2.24, 2.45) is 0 Å². The van der Waals surface area contributed by atoms with Gasteiger partial charge in [-0.15, -0.1) is 0 Å². The number of carbonyl (C=O) groups is 1. The van der Waals surface area contributed by atoms with Crippen LogP contribution in [-0.4, -0.2) is 29.5 Å². The molecule has 0 unspecified atom stereocenters. The molecule has 0 bridgehead atoms. The van der Waals surface area contributed by atoms with Crippen molar-refractivity contribution in [3.05, 3.63) is 41.7 Å². The quantitative estimate of drug-likeness (QED) is 0.692. The van der Waals surface area contributed by atoms with Crippen LogP contribution in [0.2, 0.25) is 0 Å². The van der Waals surface area contributed by atoms with Crippen LogP contribution in [0.4, 0.5) is 8.78 Å². The Hall–Kier alpha value is -2.64. The first kappa shape index (κ1) is 17.7. The van der Waals surface area contributed by atoms with Gasteiger partial charge in [-0.1, -0.05) is 6.07 Å². The number of aromatic nitrogens is 2. The van der Waals surface area contributed by atoms with Crippen LogP contribution in [0.15, 0.2) is 30.6 Å². The van der Waals surface area contributed by atoms with Crippen molar-refractivity contribution in [3.8, 4) is 11.5 Å². The highest BCUT2D eigenvalue weighted by atomic mass is 19.3. The lowest BCUT2D eigenvalue weighted by molar-refractivity contribution is -0.145. The Morgan fingerprint density at radius 3 is 2.75 bits per heavy atom. The molecule has 8 heteroatoms. The standard InChI is InChI=1S/C16H18F2N2O4/c1-11-8-19-20(9-11)6-5-15(21)23-10-12-3-4-13(24-16(17)18)14(7-12)22-2/h3-4,7-9,16H,5-6,10H2,1-2H3. The predicted octanol–water partition coefficient (Wildman–Crippen LogP) is 2.94. The van der Waals surface area contributed by atoms with Gasteiger partial charge in [-0.05, 0) is 30.2 Å². The normalized spacial score (nSPS) is 10.7. The van der Waals surface area contributed by atoms with Gasteiger partial charge >= 0.3 is 12.6 Å². The summed E-state index contributed by atoms with van der Waals surface area (Å²) in [7, 11) is 1.34. The van der Waals surface area contributed by atoms with Crippen molar-refractivity contribution in [3.63, 3.8) is 0 Å². The van der Waals surface area contributed by atoms with E-state index in [1.54, 1.807) is 10.9 Å². The molecule has 24 heavy (non-hydrogen) atoms. The van der Waals surface area contributed by atoms with Crippen LogP contribution in [0.25, 0.3) is 0 Å². The molecule has 1 heterocycles. The molecule has 1 aromatic heterocycles. The zero-order valence-electron chi connectivity index (χ0n) is 13.4. The molecule has 0 aliphatic carbocycles. The second kappa shape index (κ2) is 8.28. The predicted molar refractivity (Wildman–Crippen MR) is 81.0 cm³/mol. The van der Waals surface area contributed by atoms with Crippen molar-refractivity contribution in [2.75, 3.05) is 7.11 Å². The molecule has 0 fully saturated rings. The Morgan fingerprint density at radius 2 is 2.12 bits per heavy atom. The van der Waals surface area contributed by atoms with Crippen LogP contribution >= 0.6 is 0 Å².